The number of hydrogen-bond donors (Lipinski definition) is 1. The second kappa shape index (κ2) is 7.79. The molecule has 2 heterocycles. The topological polar surface area (TPSA) is 52.7 Å². The zero-order valence-electron chi connectivity index (χ0n) is 14.4. The number of fused-ring (bicyclic) bond motifs is 3. The van der Waals surface area contributed by atoms with Crippen LogP contribution >= 0.6 is 0 Å². The maximum absolute atomic E-state index is 12.6. The zero-order valence-corrected chi connectivity index (χ0v) is 14.4. The van der Waals surface area contributed by atoms with Crippen molar-refractivity contribution in [3.63, 3.8) is 0 Å². The van der Waals surface area contributed by atoms with Crippen molar-refractivity contribution in [1.82, 2.24) is 15.1 Å². The molecule has 2 aliphatic heterocycles. The molecule has 5 nitrogen and oxygen atoms in total. The number of hydrogen-bond acceptors (Lipinski definition) is 3. The van der Waals surface area contributed by atoms with Crippen LogP contribution in [0.25, 0.3) is 0 Å². The van der Waals surface area contributed by atoms with Gasteiger partial charge in [-0.25, -0.2) is 0 Å². The fraction of sp³-hybridized carbons (Fsp3) is 0.579. The predicted molar refractivity (Wildman–Crippen MR) is 93.5 cm³/mol. The number of benzene rings is 1. The predicted octanol–water partition coefficient (Wildman–Crippen LogP) is 1.29. The summed E-state index contributed by atoms with van der Waals surface area (Å²) in [4.78, 5) is 29.1. The Balaban J connectivity index is 1.55. The third kappa shape index (κ3) is 4.15. The molecule has 0 unspecified atom stereocenters. The van der Waals surface area contributed by atoms with Crippen LogP contribution in [-0.4, -0.2) is 60.4 Å². The maximum Gasteiger partial charge on any atom is 0.226 e. The van der Waals surface area contributed by atoms with E-state index in [1.54, 1.807) is 0 Å². The molecule has 0 aromatic heterocycles. The molecular weight excluding hydrogens is 302 g/mol. The molecule has 0 aliphatic carbocycles. The lowest BCUT2D eigenvalue weighted by atomic mass is 10.1. The van der Waals surface area contributed by atoms with Gasteiger partial charge in [0.05, 0.1) is 12.0 Å². The maximum atomic E-state index is 12.6. The third-order valence-corrected chi connectivity index (χ3v) is 5.05. The smallest absolute Gasteiger partial charge is 0.226 e. The first-order chi connectivity index (χ1) is 11.7. The fourth-order valence-corrected chi connectivity index (χ4v) is 3.70. The minimum atomic E-state index is -0.101. The zero-order chi connectivity index (χ0) is 16.9. The molecule has 2 saturated heterocycles. The highest BCUT2D eigenvalue weighted by Gasteiger charge is 2.36. The van der Waals surface area contributed by atoms with Gasteiger partial charge in [-0.15, -0.1) is 0 Å². The summed E-state index contributed by atoms with van der Waals surface area (Å²) >= 11 is 0. The van der Waals surface area contributed by atoms with Crippen molar-refractivity contribution >= 4 is 11.8 Å². The van der Waals surface area contributed by atoms with Crippen molar-refractivity contribution in [2.24, 2.45) is 5.92 Å². The summed E-state index contributed by atoms with van der Waals surface area (Å²) in [5.41, 5.74) is 1.27. The van der Waals surface area contributed by atoms with Gasteiger partial charge in [0.1, 0.15) is 0 Å². The first-order valence-corrected chi connectivity index (χ1v) is 9.00. The van der Waals surface area contributed by atoms with Crippen molar-refractivity contribution in [1.29, 1.82) is 0 Å². The Bertz CT molecular complexity index is 575. The molecule has 0 radical (unpaired) electrons. The van der Waals surface area contributed by atoms with Crippen molar-refractivity contribution in [3.05, 3.63) is 35.9 Å². The highest BCUT2D eigenvalue weighted by atomic mass is 16.2. The minimum Gasteiger partial charge on any atom is -0.350 e. The van der Waals surface area contributed by atoms with E-state index in [1.807, 2.05) is 23.1 Å². The molecule has 2 aliphatic rings. The first-order valence-electron chi connectivity index (χ1n) is 9.00. The van der Waals surface area contributed by atoms with Gasteiger partial charge in [-0.1, -0.05) is 37.3 Å². The number of rotatable bonds is 5. The van der Waals surface area contributed by atoms with Crippen LogP contribution in [0, 0.1) is 5.92 Å². The number of nitrogens with one attached hydrogen (secondary N) is 1. The lowest BCUT2D eigenvalue weighted by Crippen LogP contribution is -2.48. The lowest BCUT2D eigenvalue weighted by Gasteiger charge is -2.32. The Morgan fingerprint density at radius 1 is 1.17 bits per heavy atom. The van der Waals surface area contributed by atoms with Gasteiger partial charge in [-0.2, -0.15) is 0 Å². The molecular formula is C19H27N3O2. The van der Waals surface area contributed by atoms with Crippen molar-refractivity contribution in [3.8, 4) is 0 Å². The molecule has 2 atom stereocenters. The quantitative estimate of drug-likeness (QED) is 0.886. The van der Waals surface area contributed by atoms with E-state index in [0.717, 1.165) is 32.5 Å². The van der Waals surface area contributed by atoms with Crippen LogP contribution in [0.3, 0.4) is 0 Å². The van der Waals surface area contributed by atoms with E-state index in [2.05, 4.69) is 29.3 Å². The molecule has 2 fully saturated rings. The van der Waals surface area contributed by atoms with E-state index in [4.69, 9.17) is 0 Å². The molecule has 5 heteroatoms. The van der Waals surface area contributed by atoms with Gasteiger partial charge in [0.2, 0.25) is 11.8 Å². The molecule has 0 spiro atoms. The number of carbonyl (C=O) groups excluding carboxylic acids is 2. The normalized spacial score (nSPS) is 24.4. The van der Waals surface area contributed by atoms with E-state index in [-0.39, 0.29) is 23.8 Å². The van der Waals surface area contributed by atoms with Crippen LogP contribution in [0.15, 0.2) is 30.3 Å². The lowest BCUT2D eigenvalue weighted by molar-refractivity contribution is -0.132. The van der Waals surface area contributed by atoms with E-state index in [0.29, 0.717) is 19.5 Å². The van der Waals surface area contributed by atoms with E-state index >= 15 is 0 Å². The Hall–Kier alpha value is -1.88. The summed E-state index contributed by atoms with van der Waals surface area (Å²) < 4.78 is 0. The second-order valence-corrected chi connectivity index (χ2v) is 6.89. The van der Waals surface area contributed by atoms with Gasteiger partial charge < -0.3 is 15.1 Å². The molecule has 130 valence electrons. The Kier molecular flexibility index (Phi) is 5.51. The van der Waals surface area contributed by atoms with Crippen molar-refractivity contribution < 1.29 is 9.59 Å². The van der Waals surface area contributed by atoms with Crippen LogP contribution in [0.1, 0.15) is 25.3 Å². The van der Waals surface area contributed by atoms with E-state index in [9.17, 15) is 9.59 Å². The number of carbonyl (C=O) groups is 2. The highest BCUT2D eigenvalue weighted by molar-refractivity contribution is 5.82. The van der Waals surface area contributed by atoms with Crippen LogP contribution in [-0.2, 0) is 16.0 Å². The number of nitrogens with zero attached hydrogens (tertiary/aromatic N) is 2. The summed E-state index contributed by atoms with van der Waals surface area (Å²) in [6.07, 6.45) is 2.34. The Morgan fingerprint density at radius 3 is 2.71 bits per heavy atom. The van der Waals surface area contributed by atoms with Gasteiger partial charge in [0.15, 0.2) is 0 Å². The van der Waals surface area contributed by atoms with Gasteiger partial charge in [-0.3, -0.25) is 9.59 Å². The standard InChI is InChI=1S/C19H27N3O2/c1-2-21-11-16-12-22(14-17(13-21)20-19(16)24)18(23)10-6-9-15-7-4-3-5-8-15/h3-5,7-8,16-17H,2,6,9-14H2,1H3,(H,20,24)/t16-,17+/m1/s1. The number of amides is 2. The summed E-state index contributed by atoms with van der Waals surface area (Å²) in [6, 6.07) is 10.3. The van der Waals surface area contributed by atoms with Crippen LogP contribution < -0.4 is 5.32 Å². The average molecular weight is 329 g/mol. The Labute approximate surface area is 144 Å². The van der Waals surface area contributed by atoms with Gasteiger partial charge in [0.25, 0.3) is 0 Å². The van der Waals surface area contributed by atoms with Gasteiger partial charge in [0, 0.05) is 32.6 Å². The van der Waals surface area contributed by atoms with Crippen molar-refractivity contribution in [2.75, 3.05) is 32.7 Å². The highest BCUT2D eigenvalue weighted by Crippen LogP contribution is 2.17. The summed E-state index contributed by atoms with van der Waals surface area (Å²) in [7, 11) is 0. The summed E-state index contributed by atoms with van der Waals surface area (Å²) in [5, 5.41) is 3.10. The fourth-order valence-electron chi connectivity index (χ4n) is 3.70. The van der Waals surface area contributed by atoms with Gasteiger partial charge in [-0.05, 0) is 24.9 Å². The first kappa shape index (κ1) is 17.0. The molecule has 3 rings (SSSR count). The van der Waals surface area contributed by atoms with Crippen molar-refractivity contribution in [2.45, 2.75) is 32.2 Å². The molecule has 1 N–H and O–H groups in total. The third-order valence-electron chi connectivity index (χ3n) is 5.05. The number of aryl methyl sites for hydroxylation is 1. The van der Waals surface area contributed by atoms with E-state index in [1.165, 1.54) is 5.56 Å². The minimum absolute atomic E-state index is 0.0584. The molecule has 1 aromatic rings. The average Bonchev–Trinajstić information content (AvgIpc) is 2.82. The monoisotopic (exact) mass is 329 g/mol. The van der Waals surface area contributed by atoms with Gasteiger partial charge >= 0.3 is 0 Å². The van der Waals surface area contributed by atoms with Crippen LogP contribution in [0.5, 0.6) is 0 Å². The SMILES string of the molecule is CCN1C[C@H]2CN(C(=O)CCCc3ccccc3)C[C@@H](C1)C(=O)N2. The summed E-state index contributed by atoms with van der Waals surface area (Å²) in [5.74, 6) is 0.188. The molecule has 24 heavy (non-hydrogen) atoms. The summed E-state index contributed by atoms with van der Waals surface area (Å²) in [6.45, 7) is 5.87. The second-order valence-electron chi connectivity index (χ2n) is 6.89. The molecule has 1 aromatic carbocycles. The van der Waals surface area contributed by atoms with E-state index < -0.39 is 0 Å². The molecule has 0 saturated carbocycles. The van der Waals surface area contributed by atoms with Crippen LogP contribution in [0.4, 0.5) is 0 Å². The van der Waals surface area contributed by atoms with Crippen LogP contribution in [0.2, 0.25) is 0 Å². The number of likely N-dealkylation sites (N-methyl/N-ethyl adjacent to an activating group) is 1. The largest absolute Gasteiger partial charge is 0.350 e. The molecule has 2 amide bonds. The molecule has 2 bridgehead atoms. The Morgan fingerprint density at radius 2 is 1.96 bits per heavy atom.